The monoisotopic (exact) mass is 409 g/mol. The molecule has 0 radical (unpaired) electrons. The number of hydrogen-bond acceptors (Lipinski definition) is 3. The first-order valence-corrected chi connectivity index (χ1v) is 10.2. The fourth-order valence-corrected chi connectivity index (χ4v) is 4.44. The maximum absolute atomic E-state index is 12.6. The summed E-state index contributed by atoms with van der Waals surface area (Å²) in [7, 11) is -3.53. The molecule has 2 aromatic carbocycles. The van der Waals surface area contributed by atoms with Gasteiger partial charge in [-0.1, -0.05) is 46.3 Å². The summed E-state index contributed by atoms with van der Waals surface area (Å²) in [6.07, 6.45) is 1.61. The first-order chi connectivity index (χ1) is 11.5. The predicted molar refractivity (Wildman–Crippen MR) is 97.5 cm³/mol. The number of nitrogens with one attached hydrogen (secondary N) is 1. The fraction of sp³-hybridized carbons (Fsp3) is 0.333. The zero-order valence-electron chi connectivity index (χ0n) is 13.2. The van der Waals surface area contributed by atoms with Crippen molar-refractivity contribution in [2.75, 3.05) is 19.8 Å². The molecule has 1 aliphatic rings. The molecule has 6 heteroatoms. The van der Waals surface area contributed by atoms with E-state index in [0.29, 0.717) is 19.8 Å². The van der Waals surface area contributed by atoms with Crippen LogP contribution in [-0.2, 0) is 20.2 Å². The van der Waals surface area contributed by atoms with Crippen LogP contribution in [0.15, 0.2) is 64.0 Å². The third-order valence-electron chi connectivity index (χ3n) is 4.56. The van der Waals surface area contributed by atoms with E-state index in [-0.39, 0.29) is 10.3 Å². The van der Waals surface area contributed by atoms with Crippen LogP contribution in [0.2, 0.25) is 0 Å². The van der Waals surface area contributed by atoms with Crippen LogP contribution in [0, 0.1) is 0 Å². The molecule has 1 aliphatic heterocycles. The lowest BCUT2D eigenvalue weighted by molar-refractivity contribution is 0.0517. The number of ether oxygens (including phenoxy) is 1. The predicted octanol–water partition coefficient (Wildman–Crippen LogP) is 3.48. The fourth-order valence-electron chi connectivity index (χ4n) is 3.05. The van der Waals surface area contributed by atoms with Crippen LogP contribution in [-0.4, -0.2) is 28.2 Å². The van der Waals surface area contributed by atoms with E-state index in [1.165, 1.54) is 0 Å². The normalized spacial score (nSPS) is 17.5. The highest BCUT2D eigenvalue weighted by molar-refractivity contribution is 9.10. The van der Waals surface area contributed by atoms with Crippen LogP contribution in [0.1, 0.15) is 18.4 Å². The second-order valence-corrected chi connectivity index (χ2v) is 8.72. The van der Waals surface area contributed by atoms with Crippen molar-refractivity contribution < 1.29 is 13.2 Å². The molecule has 1 N–H and O–H groups in total. The average Bonchev–Trinajstić information content (AvgIpc) is 2.62. The standard InChI is InChI=1S/C18H20BrNO3S/c19-16-6-8-17(9-7-16)24(21,22)20-14-18(10-12-23-13-11-18)15-4-2-1-3-5-15/h1-9,20H,10-14H2. The van der Waals surface area contributed by atoms with E-state index in [1.807, 2.05) is 18.2 Å². The molecule has 2 aromatic rings. The summed E-state index contributed by atoms with van der Waals surface area (Å²) in [6.45, 7) is 1.67. The van der Waals surface area contributed by atoms with Crippen molar-refractivity contribution in [3.05, 3.63) is 64.6 Å². The van der Waals surface area contributed by atoms with Gasteiger partial charge in [-0.3, -0.25) is 0 Å². The third-order valence-corrected chi connectivity index (χ3v) is 6.51. The van der Waals surface area contributed by atoms with Gasteiger partial charge in [0.15, 0.2) is 0 Å². The van der Waals surface area contributed by atoms with Crippen molar-refractivity contribution in [3.8, 4) is 0 Å². The van der Waals surface area contributed by atoms with Gasteiger partial charge in [-0.25, -0.2) is 13.1 Å². The Morgan fingerprint density at radius 2 is 1.62 bits per heavy atom. The Balaban J connectivity index is 1.82. The Morgan fingerprint density at radius 1 is 1.00 bits per heavy atom. The number of sulfonamides is 1. The highest BCUT2D eigenvalue weighted by Gasteiger charge is 2.35. The van der Waals surface area contributed by atoms with Crippen LogP contribution in [0.4, 0.5) is 0 Å². The highest BCUT2D eigenvalue weighted by Crippen LogP contribution is 2.34. The average molecular weight is 410 g/mol. The van der Waals surface area contributed by atoms with Crippen LogP contribution in [0.3, 0.4) is 0 Å². The van der Waals surface area contributed by atoms with Gasteiger partial charge in [0.05, 0.1) is 4.90 Å². The lowest BCUT2D eigenvalue weighted by atomic mass is 9.74. The van der Waals surface area contributed by atoms with Gasteiger partial charge in [-0.15, -0.1) is 0 Å². The number of halogens is 1. The van der Waals surface area contributed by atoms with Gasteiger partial charge in [-0.2, -0.15) is 0 Å². The maximum Gasteiger partial charge on any atom is 0.240 e. The number of hydrogen-bond donors (Lipinski definition) is 1. The zero-order valence-corrected chi connectivity index (χ0v) is 15.6. The summed E-state index contributed by atoms with van der Waals surface area (Å²) in [4.78, 5) is 0.279. The van der Waals surface area contributed by atoms with Crippen LogP contribution in [0.25, 0.3) is 0 Å². The lowest BCUT2D eigenvalue weighted by Crippen LogP contribution is -2.44. The quantitative estimate of drug-likeness (QED) is 0.821. The first-order valence-electron chi connectivity index (χ1n) is 7.90. The van der Waals surface area contributed by atoms with Gasteiger partial charge in [0.25, 0.3) is 0 Å². The molecule has 4 nitrogen and oxygen atoms in total. The zero-order chi connectivity index (χ0) is 17.0. The van der Waals surface area contributed by atoms with E-state index < -0.39 is 10.0 Å². The summed E-state index contributed by atoms with van der Waals surface area (Å²) in [5.41, 5.74) is 0.939. The van der Waals surface area contributed by atoms with Crippen LogP contribution < -0.4 is 4.72 Å². The minimum Gasteiger partial charge on any atom is -0.381 e. The molecule has 0 aromatic heterocycles. The van der Waals surface area contributed by atoms with Gasteiger partial charge in [0, 0.05) is 29.6 Å². The van der Waals surface area contributed by atoms with Crippen molar-refractivity contribution in [1.82, 2.24) is 4.72 Å². The van der Waals surface area contributed by atoms with Gasteiger partial charge >= 0.3 is 0 Å². The molecule has 3 rings (SSSR count). The Labute approximate surface area is 151 Å². The molecule has 0 atom stereocenters. The van der Waals surface area contributed by atoms with E-state index >= 15 is 0 Å². The van der Waals surface area contributed by atoms with E-state index in [2.05, 4.69) is 32.8 Å². The molecule has 1 fully saturated rings. The minimum atomic E-state index is -3.53. The largest absolute Gasteiger partial charge is 0.381 e. The van der Waals surface area contributed by atoms with Crippen molar-refractivity contribution in [2.24, 2.45) is 0 Å². The van der Waals surface area contributed by atoms with E-state index in [4.69, 9.17) is 4.74 Å². The van der Waals surface area contributed by atoms with E-state index in [1.54, 1.807) is 24.3 Å². The number of rotatable bonds is 5. The Hall–Kier alpha value is -1.21. The molecule has 0 saturated carbocycles. The molecule has 24 heavy (non-hydrogen) atoms. The summed E-state index contributed by atoms with van der Waals surface area (Å²) in [5, 5.41) is 0. The molecule has 0 aliphatic carbocycles. The molecule has 1 saturated heterocycles. The van der Waals surface area contributed by atoms with Crippen molar-refractivity contribution in [1.29, 1.82) is 0 Å². The maximum atomic E-state index is 12.6. The van der Waals surface area contributed by atoms with Gasteiger partial charge < -0.3 is 4.74 Å². The molecular weight excluding hydrogens is 390 g/mol. The Kier molecular flexibility index (Phi) is 5.39. The Morgan fingerprint density at radius 3 is 2.25 bits per heavy atom. The van der Waals surface area contributed by atoms with Gasteiger partial charge in [0.2, 0.25) is 10.0 Å². The second kappa shape index (κ2) is 7.35. The molecule has 0 spiro atoms. The molecule has 0 unspecified atom stereocenters. The van der Waals surface area contributed by atoms with E-state index in [9.17, 15) is 8.42 Å². The first kappa shape index (κ1) is 17.6. The summed E-state index contributed by atoms with van der Waals surface area (Å²) < 4.78 is 34.4. The van der Waals surface area contributed by atoms with Gasteiger partial charge in [0.1, 0.15) is 0 Å². The number of benzene rings is 2. The summed E-state index contributed by atoms with van der Waals surface area (Å²) >= 11 is 3.32. The molecule has 128 valence electrons. The van der Waals surface area contributed by atoms with Crippen molar-refractivity contribution in [3.63, 3.8) is 0 Å². The van der Waals surface area contributed by atoms with Crippen LogP contribution >= 0.6 is 15.9 Å². The molecule has 0 bridgehead atoms. The smallest absolute Gasteiger partial charge is 0.240 e. The molecular formula is C18H20BrNO3S. The van der Waals surface area contributed by atoms with Crippen molar-refractivity contribution in [2.45, 2.75) is 23.2 Å². The SMILES string of the molecule is O=S(=O)(NCC1(c2ccccc2)CCOCC1)c1ccc(Br)cc1. The topological polar surface area (TPSA) is 55.4 Å². The summed E-state index contributed by atoms with van der Waals surface area (Å²) in [6, 6.07) is 16.8. The lowest BCUT2D eigenvalue weighted by Gasteiger charge is -2.37. The molecule has 0 amide bonds. The van der Waals surface area contributed by atoms with Crippen LogP contribution in [0.5, 0.6) is 0 Å². The minimum absolute atomic E-state index is 0.220. The molecule has 1 heterocycles. The van der Waals surface area contributed by atoms with Crippen molar-refractivity contribution >= 4 is 26.0 Å². The Bertz CT molecular complexity index is 770. The highest BCUT2D eigenvalue weighted by atomic mass is 79.9. The second-order valence-electron chi connectivity index (χ2n) is 6.04. The summed E-state index contributed by atoms with van der Waals surface area (Å²) in [5.74, 6) is 0. The van der Waals surface area contributed by atoms with Gasteiger partial charge in [-0.05, 0) is 42.7 Å². The third kappa shape index (κ3) is 3.88. The van der Waals surface area contributed by atoms with E-state index in [0.717, 1.165) is 22.9 Å².